The van der Waals surface area contributed by atoms with Gasteiger partial charge in [-0.05, 0) is 23.8 Å². The number of rotatable bonds is 5. The van der Waals surface area contributed by atoms with E-state index in [1.807, 2.05) is 41.8 Å². The number of hydrogen-bond donors (Lipinski definition) is 1. The van der Waals surface area contributed by atoms with E-state index in [1.165, 1.54) is 0 Å². The van der Waals surface area contributed by atoms with Crippen molar-refractivity contribution in [3.63, 3.8) is 0 Å². The average molecular weight is 351 g/mol. The van der Waals surface area contributed by atoms with Crippen LogP contribution in [0.1, 0.15) is 11.3 Å². The number of ether oxygens (including phenoxy) is 1. The molecule has 126 valence electrons. The Hall–Kier alpha value is -2.73. The molecule has 1 aliphatic rings. The average Bonchev–Trinajstić information content (AvgIpc) is 3.29. The lowest BCUT2D eigenvalue weighted by Gasteiger charge is -2.10. The highest BCUT2D eigenvalue weighted by Gasteiger charge is 2.28. The first-order valence-electron chi connectivity index (χ1n) is 8.17. The highest BCUT2D eigenvalue weighted by atomic mass is 32.1. The summed E-state index contributed by atoms with van der Waals surface area (Å²) in [5.41, 5.74) is 3.13. The molecule has 2 aromatic heterocycles. The summed E-state index contributed by atoms with van der Waals surface area (Å²) in [5, 5.41) is 5.95. The first-order chi connectivity index (χ1) is 12.3. The predicted octanol–water partition coefficient (Wildman–Crippen LogP) is 2.87. The van der Waals surface area contributed by atoms with Gasteiger partial charge in [0.2, 0.25) is 0 Å². The van der Waals surface area contributed by atoms with Crippen molar-refractivity contribution in [1.29, 1.82) is 0 Å². The molecule has 0 aliphatic carbocycles. The van der Waals surface area contributed by atoms with E-state index in [2.05, 4.69) is 15.3 Å². The zero-order valence-electron chi connectivity index (χ0n) is 13.5. The molecule has 3 aromatic rings. The van der Waals surface area contributed by atoms with Gasteiger partial charge >= 0.3 is 0 Å². The van der Waals surface area contributed by atoms with E-state index >= 15 is 0 Å². The summed E-state index contributed by atoms with van der Waals surface area (Å²) >= 11 is 1.60. The normalized spacial score (nSPS) is 15.4. The fourth-order valence-corrected chi connectivity index (χ4v) is 3.67. The van der Waals surface area contributed by atoms with Gasteiger partial charge in [0.15, 0.2) is 6.10 Å². The molecular formula is C19H17N3O2S. The second-order valence-corrected chi connectivity index (χ2v) is 6.70. The summed E-state index contributed by atoms with van der Waals surface area (Å²) in [7, 11) is 0. The molecule has 0 saturated carbocycles. The Balaban J connectivity index is 1.29. The molecule has 25 heavy (non-hydrogen) atoms. The van der Waals surface area contributed by atoms with E-state index in [4.69, 9.17) is 4.74 Å². The molecule has 0 radical (unpaired) electrons. The fraction of sp³-hybridized carbons (Fsp3) is 0.211. The van der Waals surface area contributed by atoms with Gasteiger partial charge in [-0.3, -0.25) is 9.78 Å². The van der Waals surface area contributed by atoms with Crippen LogP contribution in [-0.4, -0.2) is 28.5 Å². The van der Waals surface area contributed by atoms with Gasteiger partial charge in [-0.2, -0.15) is 0 Å². The second-order valence-electron chi connectivity index (χ2n) is 5.84. The van der Waals surface area contributed by atoms with Crippen molar-refractivity contribution in [2.24, 2.45) is 0 Å². The Kier molecular flexibility index (Phi) is 4.43. The van der Waals surface area contributed by atoms with Gasteiger partial charge < -0.3 is 10.1 Å². The molecule has 1 aliphatic heterocycles. The van der Waals surface area contributed by atoms with Gasteiger partial charge in [0.1, 0.15) is 10.8 Å². The topological polar surface area (TPSA) is 64.1 Å². The summed E-state index contributed by atoms with van der Waals surface area (Å²) in [6.45, 7) is 0.550. The molecule has 1 N–H and O–H groups in total. The lowest BCUT2D eigenvalue weighted by molar-refractivity contribution is -0.127. The number of thiazole rings is 1. The largest absolute Gasteiger partial charge is 0.480 e. The zero-order chi connectivity index (χ0) is 17.1. The molecule has 1 atom stereocenters. The number of nitrogens with one attached hydrogen (secondary N) is 1. The second kappa shape index (κ2) is 7.03. The molecule has 3 heterocycles. The zero-order valence-corrected chi connectivity index (χ0v) is 14.3. The van der Waals surface area contributed by atoms with Gasteiger partial charge in [-0.1, -0.05) is 18.2 Å². The SMILES string of the molecule is O=C(NCCc1csc(-c2ccncc2)n1)[C@H]1Cc2ccccc2O1. The minimum atomic E-state index is -0.430. The smallest absolute Gasteiger partial charge is 0.261 e. The first-order valence-corrected chi connectivity index (χ1v) is 9.04. The van der Waals surface area contributed by atoms with Crippen molar-refractivity contribution in [2.45, 2.75) is 18.9 Å². The summed E-state index contributed by atoms with van der Waals surface area (Å²) in [4.78, 5) is 20.9. The third-order valence-corrected chi connectivity index (χ3v) is 5.04. The van der Waals surface area contributed by atoms with Crippen LogP contribution in [0.5, 0.6) is 5.75 Å². The maximum Gasteiger partial charge on any atom is 0.261 e. The van der Waals surface area contributed by atoms with Crippen molar-refractivity contribution in [2.75, 3.05) is 6.54 Å². The number of pyridine rings is 1. The van der Waals surface area contributed by atoms with Crippen LogP contribution in [0.2, 0.25) is 0 Å². The lowest BCUT2D eigenvalue weighted by atomic mass is 10.1. The number of para-hydroxylation sites is 1. The number of nitrogens with zero attached hydrogens (tertiary/aromatic N) is 2. The van der Waals surface area contributed by atoms with E-state index in [1.54, 1.807) is 23.7 Å². The molecule has 5 nitrogen and oxygen atoms in total. The van der Waals surface area contributed by atoms with Crippen LogP contribution >= 0.6 is 11.3 Å². The van der Waals surface area contributed by atoms with E-state index in [9.17, 15) is 4.79 Å². The van der Waals surface area contributed by atoms with E-state index < -0.39 is 6.10 Å². The van der Waals surface area contributed by atoms with Crippen LogP contribution in [0.25, 0.3) is 10.6 Å². The maximum atomic E-state index is 12.3. The highest BCUT2D eigenvalue weighted by molar-refractivity contribution is 7.13. The molecule has 4 rings (SSSR count). The van der Waals surface area contributed by atoms with Gasteiger partial charge in [-0.15, -0.1) is 11.3 Å². The fourth-order valence-electron chi connectivity index (χ4n) is 2.80. The third-order valence-electron chi connectivity index (χ3n) is 4.10. The molecule has 6 heteroatoms. The number of aromatic nitrogens is 2. The van der Waals surface area contributed by atoms with Gasteiger partial charge in [0.25, 0.3) is 5.91 Å². The monoisotopic (exact) mass is 351 g/mol. The summed E-state index contributed by atoms with van der Waals surface area (Å²) in [5.74, 6) is 0.741. The molecule has 0 bridgehead atoms. The minimum Gasteiger partial charge on any atom is -0.480 e. The number of carbonyl (C=O) groups is 1. The number of carbonyl (C=O) groups excluding carboxylic acids is 1. The lowest BCUT2D eigenvalue weighted by Crippen LogP contribution is -2.38. The van der Waals surface area contributed by atoms with Crippen LogP contribution in [-0.2, 0) is 17.6 Å². The molecule has 1 amide bonds. The standard InChI is InChI=1S/C19H17N3O2S/c23-18(17-11-14-3-1-2-4-16(14)24-17)21-10-7-15-12-25-19(22-15)13-5-8-20-9-6-13/h1-6,8-9,12,17H,7,10-11H2,(H,21,23)/t17-/m1/s1. The van der Waals surface area contributed by atoms with Crippen LogP contribution in [0.15, 0.2) is 54.2 Å². The summed E-state index contributed by atoms with van der Waals surface area (Å²) in [6.07, 6.45) is 4.42. The Morgan fingerprint density at radius 3 is 2.92 bits per heavy atom. The van der Waals surface area contributed by atoms with Gasteiger partial charge in [0, 0.05) is 42.7 Å². The van der Waals surface area contributed by atoms with E-state index in [-0.39, 0.29) is 5.91 Å². The molecule has 0 unspecified atom stereocenters. The van der Waals surface area contributed by atoms with Crippen LogP contribution in [0, 0.1) is 0 Å². The predicted molar refractivity (Wildman–Crippen MR) is 96.6 cm³/mol. The molecular weight excluding hydrogens is 334 g/mol. The molecule has 1 aromatic carbocycles. The van der Waals surface area contributed by atoms with Crippen molar-refractivity contribution >= 4 is 17.2 Å². The number of hydrogen-bond acceptors (Lipinski definition) is 5. The third kappa shape index (κ3) is 3.53. The Morgan fingerprint density at radius 2 is 2.08 bits per heavy atom. The number of benzene rings is 1. The quantitative estimate of drug-likeness (QED) is 0.768. The van der Waals surface area contributed by atoms with Gasteiger partial charge in [0.05, 0.1) is 5.69 Å². The number of fused-ring (bicyclic) bond motifs is 1. The minimum absolute atomic E-state index is 0.0687. The first kappa shape index (κ1) is 15.8. The van der Waals surface area contributed by atoms with Crippen molar-refractivity contribution < 1.29 is 9.53 Å². The van der Waals surface area contributed by atoms with Crippen LogP contribution in [0.3, 0.4) is 0 Å². The highest BCUT2D eigenvalue weighted by Crippen LogP contribution is 2.28. The Morgan fingerprint density at radius 1 is 1.24 bits per heavy atom. The van der Waals surface area contributed by atoms with Crippen LogP contribution < -0.4 is 10.1 Å². The van der Waals surface area contributed by atoms with Crippen molar-refractivity contribution in [1.82, 2.24) is 15.3 Å². The Bertz CT molecular complexity index is 854. The summed E-state index contributed by atoms with van der Waals surface area (Å²) in [6, 6.07) is 11.7. The van der Waals surface area contributed by atoms with Crippen LogP contribution in [0.4, 0.5) is 0 Å². The maximum absolute atomic E-state index is 12.3. The van der Waals surface area contributed by atoms with Gasteiger partial charge in [-0.25, -0.2) is 4.98 Å². The summed E-state index contributed by atoms with van der Waals surface area (Å²) < 4.78 is 5.70. The van der Waals surface area contributed by atoms with E-state index in [0.29, 0.717) is 19.4 Å². The molecule has 0 spiro atoms. The molecule has 0 saturated heterocycles. The van der Waals surface area contributed by atoms with Crippen molar-refractivity contribution in [3.8, 4) is 16.3 Å². The van der Waals surface area contributed by atoms with E-state index in [0.717, 1.165) is 27.6 Å². The number of amides is 1. The van der Waals surface area contributed by atoms with Crippen molar-refractivity contribution in [3.05, 3.63) is 65.4 Å². The Labute approximate surface area is 149 Å². The molecule has 0 fully saturated rings.